The molecule has 0 spiro atoms. The zero-order chi connectivity index (χ0) is 27.6. The Morgan fingerprint density at radius 1 is 1.11 bits per heavy atom. The number of aromatic nitrogens is 2. The zero-order valence-electron chi connectivity index (χ0n) is 20.5. The normalized spacial score (nSPS) is 13.0. The molecule has 3 aromatic carbocycles. The van der Waals surface area contributed by atoms with Gasteiger partial charge in [0.05, 0.1) is 17.1 Å². The summed E-state index contributed by atoms with van der Waals surface area (Å²) in [4.78, 5) is 4.34. The summed E-state index contributed by atoms with van der Waals surface area (Å²) in [6.07, 6.45) is -0.420. The molecule has 4 rings (SSSR count). The number of hydrogen-bond donors (Lipinski definition) is 2. The number of rotatable bonds is 7. The maximum atomic E-state index is 13.4. The number of allylic oxidation sites excluding steroid dienone is 1. The van der Waals surface area contributed by atoms with Crippen molar-refractivity contribution in [1.29, 1.82) is 0 Å². The molecule has 0 aliphatic carbocycles. The van der Waals surface area contributed by atoms with Crippen molar-refractivity contribution in [3.8, 4) is 16.8 Å². The Kier molecular flexibility index (Phi) is 7.96. The molecule has 1 heterocycles. The Bertz CT molecular complexity index is 1530. The highest BCUT2D eigenvalue weighted by atomic mass is 35.5. The predicted molar refractivity (Wildman–Crippen MR) is 145 cm³/mol. The van der Waals surface area contributed by atoms with E-state index in [1.54, 1.807) is 60.9 Å². The van der Waals surface area contributed by atoms with Gasteiger partial charge in [0.1, 0.15) is 5.82 Å². The van der Waals surface area contributed by atoms with Crippen LogP contribution in [0, 0.1) is 6.92 Å². The molecule has 0 saturated heterocycles. The number of alkyl halides is 3. The molecule has 0 bridgehead atoms. The highest BCUT2D eigenvalue weighted by molar-refractivity contribution is 7.84. The Labute approximate surface area is 225 Å². The lowest BCUT2D eigenvalue weighted by Crippen LogP contribution is -2.33. The van der Waals surface area contributed by atoms with Crippen LogP contribution in [-0.4, -0.2) is 20.0 Å². The number of nitrogens with two attached hydrogens (primary N) is 2. The summed E-state index contributed by atoms with van der Waals surface area (Å²) in [6.45, 7) is 1.49. The van der Waals surface area contributed by atoms with Crippen LogP contribution in [0.3, 0.4) is 0 Å². The van der Waals surface area contributed by atoms with Crippen LogP contribution >= 0.6 is 11.6 Å². The fourth-order valence-corrected chi connectivity index (χ4v) is 4.82. The third-order valence-corrected chi connectivity index (χ3v) is 7.10. The van der Waals surface area contributed by atoms with E-state index >= 15 is 0 Å². The van der Waals surface area contributed by atoms with Gasteiger partial charge in [-0.1, -0.05) is 41.9 Å². The summed E-state index contributed by atoms with van der Waals surface area (Å²) in [6, 6.07) is 19.6. The fourth-order valence-electron chi connectivity index (χ4n) is 4.04. The number of aryl methyl sites for hydroxylation is 1. The molecule has 0 aliphatic rings. The Hall–Kier alpha value is -3.60. The van der Waals surface area contributed by atoms with Crippen molar-refractivity contribution < 1.29 is 17.4 Å². The Morgan fingerprint density at radius 3 is 2.45 bits per heavy atom. The monoisotopic (exact) mass is 559 g/mol. The average molecular weight is 560 g/mol. The Morgan fingerprint density at radius 2 is 1.82 bits per heavy atom. The lowest BCUT2D eigenvalue weighted by atomic mass is 10.0. The number of hydrazine groups is 1. The number of halogens is 4. The molecule has 4 aromatic rings. The van der Waals surface area contributed by atoms with Crippen molar-refractivity contribution in [2.75, 3.05) is 11.3 Å². The SMILES string of the molecule is Cc1nc(C(F)(F)F)cn1-c1ccc(-c2cccc(S(C)=O)c2)cc1N(N)/C(=C\N)Cc1cccc(Cl)c1. The van der Waals surface area contributed by atoms with Gasteiger partial charge in [-0.3, -0.25) is 9.22 Å². The van der Waals surface area contributed by atoms with Gasteiger partial charge >= 0.3 is 6.18 Å². The van der Waals surface area contributed by atoms with Crippen LogP contribution < -0.4 is 16.6 Å². The number of imidazole rings is 1. The molecule has 38 heavy (non-hydrogen) atoms. The van der Waals surface area contributed by atoms with Crippen molar-refractivity contribution in [2.45, 2.75) is 24.4 Å². The van der Waals surface area contributed by atoms with Gasteiger partial charge in [-0.15, -0.1) is 0 Å². The van der Waals surface area contributed by atoms with Gasteiger partial charge in [-0.2, -0.15) is 13.2 Å². The molecule has 198 valence electrons. The summed E-state index contributed by atoms with van der Waals surface area (Å²) < 4.78 is 53.7. The smallest absolute Gasteiger partial charge is 0.403 e. The summed E-state index contributed by atoms with van der Waals surface area (Å²) >= 11 is 6.13. The second-order valence-corrected chi connectivity index (χ2v) is 10.4. The molecule has 11 heteroatoms. The van der Waals surface area contributed by atoms with Crippen molar-refractivity contribution >= 4 is 28.1 Å². The summed E-state index contributed by atoms with van der Waals surface area (Å²) in [5.41, 5.74) is 8.53. The molecule has 4 N–H and O–H groups in total. The molecule has 1 atom stereocenters. The van der Waals surface area contributed by atoms with E-state index in [0.29, 0.717) is 33.4 Å². The van der Waals surface area contributed by atoms with E-state index in [0.717, 1.165) is 22.9 Å². The largest absolute Gasteiger partial charge is 0.434 e. The van der Waals surface area contributed by atoms with Crippen LogP contribution in [0.5, 0.6) is 0 Å². The minimum atomic E-state index is -4.61. The topological polar surface area (TPSA) is 90.2 Å². The van der Waals surface area contributed by atoms with E-state index in [2.05, 4.69) is 4.98 Å². The molecule has 1 aromatic heterocycles. The molecular weight excluding hydrogens is 535 g/mol. The molecule has 6 nitrogen and oxygen atoms in total. The van der Waals surface area contributed by atoms with Gasteiger partial charge in [-0.25, -0.2) is 10.8 Å². The second kappa shape index (κ2) is 11.0. The molecule has 0 radical (unpaired) electrons. The molecule has 1 unspecified atom stereocenters. The van der Waals surface area contributed by atoms with E-state index in [1.165, 1.54) is 22.7 Å². The Balaban J connectivity index is 1.86. The quantitative estimate of drug-likeness (QED) is 0.215. The number of hydrogen-bond acceptors (Lipinski definition) is 5. The van der Waals surface area contributed by atoms with Crippen molar-refractivity contribution in [2.24, 2.45) is 11.6 Å². The number of benzene rings is 3. The standard InChI is InChI=1S/C27H25ClF3N5OS/c1-17-34-26(27(29,30)31)16-35(17)24-10-9-20(19-6-4-8-23(13-19)38(2)37)14-25(24)36(33)22(15-32)12-18-5-3-7-21(28)11-18/h3-11,13-16H,12,32-33H2,1-2H3/b22-15-. The van der Waals surface area contributed by atoms with Gasteiger partial charge in [0.25, 0.3) is 0 Å². The van der Waals surface area contributed by atoms with Gasteiger partial charge in [0.2, 0.25) is 0 Å². The molecule has 0 saturated carbocycles. The first-order valence-corrected chi connectivity index (χ1v) is 13.3. The molecule has 0 fully saturated rings. The first kappa shape index (κ1) is 27.4. The van der Waals surface area contributed by atoms with Crippen LogP contribution in [0.15, 0.2) is 89.7 Å². The van der Waals surface area contributed by atoms with Crippen LogP contribution in [0.4, 0.5) is 18.9 Å². The predicted octanol–water partition coefficient (Wildman–Crippen LogP) is 5.98. The third-order valence-electron chi connectivity index (χ3n) is 5.94. The van der Waals surface area contributed by atoms with E-state index in [-0.39, 0.29) is 5.82 Å². The lowest BCUT2D eigenvalue weighted by Gasteiger charge is -2.26. The van der Waals surface area contributed by atoms with Gasteiger partial charge in [0.15, 0.2) is 5.69 Å². The van der Waals surface area contributed by atoms with Crippen molar-refractivity contribution in [1.82, 2.24) is 9.55 Å². The molecule has 0 aliphatic heterocycles. The summed E-state index contributed by atoms with van der Waals surface area (Å²) in [5.74, 6) is 6.72. The van der Waals surface area contributed by atoms with E-state index in [1.807, 2.05) is 12.1 Å². The summed E-state index contributed by atoms with van der Waals surface area (Å²) in [5, 5.41) is 1.89. The van der Waals surface area contributed by atoms with Crippen LogP contribution in [0.2, 0.25) is 5.02 Å². The zero-order valence-corrected chi connectivity index (χ0v) is 22.1. The number of nitrogens with zero attached hydrogens (tertiary/aromatic N) is 3. The van der Waals surface area contributed by atoms with Crippen LogP contribution in [0.25, 0.3) is 16.8 Å². The molecule has 0 amide bonds. The van der Waals surface area contributed by atoms with Crippen molar-refractivity contribution in [3.05, 3.63) is 107 Å². The van der Waals surface area contributed by atoms with Gasteiger partial charge in [-0.05, 0) is 60.0 Å². The van der Waals surface area contributed by atoms with Gasteiger partial charge < -0.3 is 10.3 Å². The second-order valence-electron chi connectivity index (χ2n) is 8.56. The maximum Gasteiger partial charge on any atom is 0.434 e. The highest BCUT2D eigenvalue weighted by Crippen LogP contribution is 2.35. The first-order valence-electron chi connectivity index (χ1n) is 11.4. The minimum Gasteiger partial charge on any atom is -0.403 e. The lowest BCUT2D eigenvalue weighted by molar-refractivity contribution is -0.141. The first-order chi connectivity index (χ1) is 18.0. The van der Waals surface area contributed by atoms with E-state index in [4.69, 9.17) is 23.2 Å². The summed E-state index contributed by atoms with van der Waals surface area (Å²) in [7, 11) is -1.19. The van der Waals surface area contributed by atoms with E-state index in [9.17, 15) is 17.4 Å². The highest BCUT2D eigenvalue weighted by Gasteiger charge is 2.34. The average Bonchev–Trinajstić information content (AvgIpc) is 3.28. The minimum absolute atomic E-state index is 0.135. The van der Waals surface area contributed by atoms with Crippen molar-refractivity contribution in [3.63, 3.8) is 0 Å². The van der Waals surface area contributed by atoms with Gasteiger partial charge in [0, 0.05) is 45.8 Å². The fraction of sp³-hybridized carbons (Fsp3) is 0.148. The van der Waals surface area contributed by atoms with E-state index < -0.39 is 22.7 Å². The third kappa shape index (κ3) is 5.93. The maximum absolute atomic E-state index is 13.4. The van der Waals surface area contributed by atoms with Crippen LogP contribution in [-0.2, 0) is 23.4 Å². The molecular formula is C27H25ClF3N5OS. The van der Waals surface area contributed by atoms with Crippen LogP contribution in [0.1, 0.15) is 17.1 Å². The number of anilines is 1.